The first-order chi connectivity index (χ1) is 8.15. The van der Waals surface area contributed by atoms with Gasteiger partial charge in [-0.1, -0.05) is 6.42 Å². The molecule has 5 nitrogen and oxygen atoms in total. The van der Waals surface area contributed by atoms with E-state index in [-0.39, 0.29) is 12.5 Å². The van der Waals surface area contributed by atoms with Crippen LogP contribution >= 0.6 is 0 Å². The number of nitrogens with two attached hydrogens (primary N) is 1. The predicted molar refractivity (Wildman–Crippen MR) is 67.7 cm³/mol. The predicted octanol–water partition coefficient (Wildman–Crippen LogP) is -0.0493. The summed E-state index contributed by atoms with van der Waals surface area (Å²) in [5.41, 5.74) is 5.64. The molecule has 1 amide bonds. The zero-order valence-corrected chi connectivity index (χ0v) is 10.9. The van der Waals surface area contributed by atoms with Crippen molar-refractivity contribution in [1.29, 1.82) is 0 Å². The normalized spacial score (nSPS) is 20.9. The molecule has 1 saturated heterocycles. The Bertz CT molecular complexity index is 230. The number of carbonyl (C=O) groups is 1. The molecule has 17 heavy (non-hydrogen) atoms. The Labute approximate surface area is 104 Å². The van der Waals surface area contributed by atoms with Crippen molar-refractivity contribution in [2.75, 3.05) is 33.4 Å². The number of piperidine rings is 1. The van der Waals surface area contributed by atoms with Crippen LogP contribution in [0.2, 0.25) is 0 Å². The van der Waals surface area contributed by atoms with Crippen LogP contribution in [0.15, 0.2) is 0 Å². The molecule has 3 N–H and O–H groups in total. The largest absolute Gasteiger partial charge is 0.383 e. The third-order valence-corrected chi connectivity index (χ3v) is 3.27. The van der Waals surface area contributed by atoms with Crippen LogP contribution in [-0.2, 0) is 9.53 Å². The van der Waals surface area contributed by atoms with Gasteiger partial charge >= 0.3 is 0 Å². The summed E-state index contributed by atoms with van der Waals surface area (Å²) in [5, 5.41) is 2.88. The number of nitrogens with one attached hydrogen (secondary N) is 1. The lowest BCUT2D eigenvalue weighted by Gasteiger charge is -2.32. The van der Waals surface area contributed by atoms with E-state index in [1.165, 1.54) is 19.3 Å². The molecule has 2 atom stereocenters. The van der Waals surface area contributed by atoms with Gasteiger partial charge in [0, 0.05) is 19.7 Å². The molecule has 1 aliphatic rings. The molecule has 0 bridgehead atoms. The number of ether oxygens (including phenoxy) is 1. The van der Waals surface area contributed by atoms with Crippen molar-refractivity contribution < 1.29 is 9.53 Å². The molecule has 0 spiro atoms. The van der Waals surface area contributed by atoms with Crippen LogP contribution in [-0.4, -0.2) is 56.2 Å². The number of carbonyl (C=O) groups excluding carboxylic acids is 1. The average molecular weight is 243 g/mol. The van der Waals surface area contributed by atoms with Crippen molar-refractivity contribution in [3.63, 3.8) is 0 Å². The van der Waals surface area contributed by atoms with E-state index in [2.05, 4.69) is 17.1 Å². The fourth-order valence-corrected chi connectivity index (χ4v) is 2.12. The number of nitrogens with zero attached hydrogens (tertiary/aromatic N) is 1. The lowest BCUT2D eigenvalue weighted by Crippen LogP contribution is -2.49. The van der Waals surface area contributed by atoms with Crippen LogP contribution in [0.3, 0.4) is 0 Å². The van der Waals surface area contributed by atoms with Gasteiger partial charge in [-0.2, -0.15) is 0 Å². The molecule has 1 heterocycles. The minimum Gasteiger partial charge on any atom is -0.383 e. The first-order valence-electron chi connectivity index (χ1n) is 6.41. The topological polar surface area (TPSA) is 67.6 Å². The van der Waals surface area contributed by atoms with Gasteiger partial charge in [0.1, 0.15) is 6.04 Å². The number of hydrogen-bond acceptors (Lipinski definition) is 4. The molecule has 1 fully saturated rings. The van der Waals surface area contributed by atoms with Gasteiger partial charge in [-0.15, -0.1) is 0 Å². The zero-order chi connectivity index (χ0) is 12.7. The van der Waals surface area contributed by atoms with Crippen LogP contribution in [0.4, 0.5) is 0 Å². The van der Waals surface area contributed by atoms with Crippen LogP contribution in [0, 0.1) is 0 Å². The van der Waals surface area contributed by atoms with Crippen LogP contribution < -0.4 is 11.1 Å². The molecular weight excluding hydrogens is 218 g/mol. The summed E-state index contributed by atoms with van der Waals surface area (Å²) in [6.07, 6.45) is 3.86. The Morgan fingerprint density at radius 3 is 2.65 bits per heavy atom. The Morgan fingerprint density at radius 1 is 1.41 bits per heavy atom. The summed E-state index contributed by atoms with van der Waals surface area (Å²) >= 11 is 0. The molecule has 0 radical (unpaired) electrons. The second-order valence-electron chi connectivity index (χ2n) is 4.75. The second kappa shape index (κ2) is 7.63. The van der Waals surface area contributed by atoms with E-state index in [0.717, 1.165) is 13.1 Å². The highest BCUT2D eigenvalue weighted by atomic mass is 16.5. The lowest BCUT2D eigenvalue weighted by molar-refractivity contribution is -0.123. The number of methoxy groups -OCH3 is 1. The van der Waals surface area contributed by atoms with Gasteiger partial charge in [-0.05, 0) is 32.9 Å². The summed E-state index contributed by atoms with van der Waals surface area (Å²) in [4.78, 5) is 14.0. The van der Waals surface area contributed by atoms with Crippen LogP contribution in [0.5, 0.6) is 0 Å². The summed E-state index contributed by atoms with van der Waals surface area (Å²) in [6.45, 7) is 5.36. The SMILES string of the molecule is COCC(N)C(=O)NCC(C)N1CCCCC1. The monoisotopic (exact) mass is 243 g/mol. The highest BCUT2D eigenvalue weighted by Crippen LogP contribution is 2.11. The number of hydrogen-bond donors (Lipinski definition) is 2. The van der Waals surface area contributed by atoms with Crippen molar-refractivity contribution in [3.05, 3.63) is 0 Å². The van der Waals surface area contributed by atoms with Gasteiger partial charge < -0.3 is 15.8 Å². The minimum atomic E-state index is -0.562. The first kappa shape index (κ1) is 14.4. The molecule has 0 aromatic heterocycles. The van der Waals surface area contributed by atoms with Gasteiger partial charge in [0.2, 0.25) is 5.91 Å². The van der Waals surface area contributed by atoms with E-state index in [9.17, 15) is 4.79 Å². The molecule has 0 aromatic carbocycles. The molecule has 1 rings (SSSR count). The van der Waals surface area contributed by atoms with Crippen molar-refractivity contribution in [2.45, 2.75) is 38.3 Å². The highest BCUT2D eigenvalue weighted by molar-refractivity contribution is 5.81. The van der Waals surface area contributed by atoms with Crippen molar-refractivity contribution in [2.24, 2.45) is 5.73 Å². The van der Waals surface area contributed by atoms with Gasteiger partial charge in [-0.3, -0.25) is 9.69 Å². The van der Waals surface area contributed by atoms with Gasteiger partial charge in [0.05, 0.1) is 6.61 Å². The molecule has 5 heteroatoms. The van der Waals surface area contributed by atoms with Crippen molar-refractivity contribution >= 4 is 5.91 Å². The summed E-state index contributed by atoms with van der Waals surface area (Å²) < 4.78 is 4.85. The fraction of sp³-hybridized carbons (Fsp3) is 0.917. The van der Waals surface area contributed by atoms with E-state index >= 15 is 0 Å². The summed E-state index contributed by atoms with van der Waals surface area (Å²) in [6, 6.07) is -0.178. The standard InChI is InChI=1S/C12H25N3O2/c1-10(15-6-4-3-5-7-15)8-14-12(16)11(13)9-17-2/h10-11H,3-9,13H2,1-2H3,(H,14,16). The smallest absolute Gasteiger partial charge is 0.239 e. The van der Waals surface area contributed by atoms with Gasteiger partial charge in [0.15, 0.2) is 0 Å². The van der Waals surface area contributed by atoms with Crippen LogP contribution in [0.1, 0.15) is 26.2 Å². The minimum absolute atomic E-state index is 0.129. The molecule has 0 aromatic rings. The van der Waals surface area contributed by atoms with E-state index in [0.29, 0.717) is 12.6 Å². The zero-order valence-electron chi connectivity index (χ0n) is 10.9. The summed E-state index contributed by atoms with van der Waals surface area (Å²) in [5.74, 6) is -0.129. The molecule has 0 aliphatic carbocycles. The van der Waals surface area contributed by atoms with Crippen LogP contribution in [0.25, 0.3) is 0 Å². The fourth-order valence-electron chi connectivity index (χ4n) is 2.12. The molecular formula is C12H25N3O2. The second-order valence-corrected chi connectivity index (χ2v) is 4.75. The maximum atomic E-state index is 11.6. The Balaban J connectivity index is 2.22. The van der Waals surface area contributed by atoms with E-state index in [1.807, 2.05) is 0 Å². The Kier molecular flexibility index (Phi) is 6.47. The number of likely N-dealkylation sites (tertiary alicyclic amines) is 1. The summed E-state index contributed by atoms with van der Waals surface area (Å²) in [7, 11) is 1.55. The number of rotatable bonds is 6. The Morgan fingerprint density at radius 2 is 2.06 bits per heavy atom. The molecule has 100 valence electrons. The third-order valence-electron chi connectivity index (χ3n) is 3.27. The first-order valence-corrected chi connectivity index (χ1v) is 6.41. The number of amides is 1. The highest BCUT2D eigenvalue weighted by Gasteiger charge is 2.18. The maximum Gasteiger partial charge on any atom is 0.239 e. The molecule has 0 saturated carbocycles. The van der Waals surface area contributed by atoms with E-state index in [1.54, 1.807) is 7.11 Å². The van der Waals surface area contributed by atoms with Crippen molar-refractivity contribution in [1.82, 2.24) is 10.2 Å². The van der Waals surface area contributed by atoms with Crippen molar-refractivity contribution in [3.8, 4) is 0 Å². The maximum absolute atomic E-state index is 11.6. The molecule has 1 aliphatic heterocycles. The van der Waals surface area contributed by atoms with Gasteiger partial charge in [-0.25, -0.2) is 0 Å². The van der Waals surface area contributed by atoms with E-state index < -0.39 is 6.04 Å². The van der Waals surface area contributed by atoms with E-state index in [4.69, 9.17) is 10.5 Å². The Hall–Kier alpha value is -0.650. The van der Waals surface area contributed by atoms with Gasteiger partial charge in [0.25, 0.3) is 0 Å². The average Bonchev–Trinajstić information content (AvgIpc) is 2.36. The lowest BCUT2D eigenvalue weighted by atomic mass is 10.1. The molecule has 2 unspecified atom stereocenters. The quantitative estimate of drug-likeness (QED) is 0.686. The third kappa shape index (κ3) is 5.02.